The van der Waals surface area contributed by atoms with Crippen LogP contribution in [-0.4, -0.2) is 32.8 Å². The summed E-state index contributed by atoms with van der Waals surface area (Å²) in [4.78, 5) is 23.0. The zero-order valence-corrected chi connectivity index (χ0v) is 12.8. The van der Waals surface area contributed by atoms with Crippen molar-refractivity contribution in [1.82, 2.24) is 15.1 Å². The Labute approximate surface area is 128 Å². The molecule has 0 fully saturated rings. The van der Waals surface area contributed by atoms with E-state index in [9.17, 15) is 9.59 Å². The first kappa shape index (κ1) is 15.8. The lowest BCUT2D eigenvalue weighted by atomic mass is 10.1. The van der Waals surface area contributed by atoms with Crippen LogP contribution in [0.15, 0.2) is 30.3 Å². The third-order valence-corrected chi connectivity index (χ3v) is 3.38. The lowest BCUT2D eigenvalue weighted by Crippen LogP contribution is -2.34. The number of aliphatic carboxylic acids is 1. The van der Waals surface area contributed by atoms with Gasteiger partial charge in [0.05, 0.1) is 29.1 Å². The third kappa shape index (κ3) is 3.33. The number of carbonyl (C=O) groups excluding carboxylic acids is 1. The molecular formula is C16H19N3O3. The van der Waals surface area contributed by atoms with Crippen molar-refractivity contribution in [2.24, 2.45) is 0 Å². The maximum atomic E-state index is 12.4. The molecule has 6 nitrogen and oxygen atoms in total. The molecule has 116 valence electrons. The van der Waals surface area contributed by atoms with Crippen LogP contribution in [0.5, 0.6) is 0 Å². The second-order valence-corrected chi connectivity index (χ2v) is 5.27. The van der Waals surface area contributed by atoms with E-state index in [2.05, 4.69) is 10.4 Å². The Hall–Kier alpha value is -2.63. The minimum absolute atomic E-state index is 0.114. The van der Waals surface area contributed by atoms with Gasteiger partial charge in [0.2, 0.25) is 0 Å². The molecule has 0 radical (unpaired) electrons. The summed E-state index contributed by atoms with van der Waals surface area (Å²) in [5, 5.41) is 15.9. The topological polar surface area (TPSA) is 84.2 Å². The largest absolute Gasteiger partial charge is 0.481 e. The zero-order chi connectivity index (χ0) is 16.3. The van der Waals surface area contributed by atoms with Gasteiger partial charge in [-0.25, -0.2) is 4.68 Å². The molecule has 6 heteroatoms. The van der Waals surface area contributed by atoms with Crippen molar-refractivity contribution in [3.63, 3.8) is 0 Å². The van der Waals surface area contributed by atoms with Gasteiger partial charge in [-0.2, -0.15) is 5.10 Å². The first-order valence-corrected chi connectivity index (χ1v) is 7.04. The van der Waals surface area contributed by atoms with E-state index < -0.39 is 12.0 Å². The molecule has 1 atom stereocenters. The number of para-hydroxylation sites is 1. The number of amides is 1. The Morgan fingerprint density at radius 3 is 2.50 bits per heavy atom. The van der Waals surface area contributed by atoms with Gasteiger partial charge in [0.15, 0.2) is 0 Å². The van der Waals surface area contributed by atoms with Crippen molar-refractivity contribution >= 4 is 11.9 Å². The molecule has 2 rings (SSSR count). The van der Waals surface area contributed by atoms with Crippen LogP contribution in [-0.2, 0) is 4.79 Å². The summed E-state index contributed by atoms with van der Waals surface area (Å²) < 4.78 is 1.71. The molecule has 0 spiro atoms. The minimum atomic E-state index is -0.943. The van der Waals surface area contributed by atoms with E-state index in [-0.39, 0.29) is 12.3 Å². The monoisotopic (exact) mass is 301 g/mol. The van der Waals surface area contributed by atoms with Gasteiger partial charge in [-0.05, 0) is 32.9 Å². The number of carboxylic acids is 1. The summed E-state index contributed by atoms with van der Waals surface area (Å²) in [6.45, 7) is 5.26. The van der Waals surface area contributed by atoms with Crippen LogP contribution < -0.4 is 5.32 Å². The fourth-order valence-electron chi connectivity index (χ4n) is 2.40. The summed E-state index contributed by atoms with van der Waals surface area (Å²) in [5.41, 5.74) is 2.70. The lowest BCUT2D eigenvalue weighted by molar-refractivity contribution is -0.137. The Bertz CT molecular complexity index is 692. The van der Waals surface area contributed by atoms with Crippen molar-refractivity contribution in [3.05, 3.63) is 47.3 Å². The van der Waals surface area contributed by atoms with Crippen molar-refractivity contribution in [1.29, 1.82) is 0 Å². The second kappa shape index (κ2) is 6.43. The zero-order valence-electron chi connectivity index (χ0n) is 12.8. The Morgan fingerprint density at radius 1 is 1.27 bits per heavy atom. The maximum absolute atomic E-state index is 12.4. The highest BCUT2D eigenvalue weighted by Gasteiger charge is 2.21. The van der Waals surface area contributed by atoms with Crippen LogP contribution in [0, 0.1) is 13.8 Å². The molecule has 0 aliphatic heterocycles. The van der Waals surface area contributed by atoms with E-state index in [4.69, 9.17) is 5.11 Å². The number of benzene rings is 1. The summed E-state index contributed by atoms with van der Waals surface area (Å²) in [7, 11) is 0. The van der Waals surface area contributed by atoms with Gasteiger partial charge >= 0.3 is 5.97 Å². The highest BCUT2D eigenvalue weighted by Crippen LogP contribution is 2.18. The number of aryl methyl sites for hydroxylation is 1. The number of nitrogens with zero attached hydrogens (tertiary/aromatic N) is 2. The van der Waals surface area contributed by atoms with Crippen LogP contribution in [0.2, 0.25) is 0 Å². The Morgan fingerprint density at radius 2 is 1.91 bits per heavy atom. The molecule has 22 heavy (non-hydrogen) atoms. The van der Waals surface area contributed by atoms with E-state index in [0.29, 0.717) is 11.3 Å². The van der Waals surface area contributed by atoms with E-state index in [1.54, 1.807) is 18.5 Å². The number of aromatic nitrogens is 2. The standard InChI is InChI=1S/C16H19N3O3/c1-10(9-14(20)21)17-16(22)15-11(2)18-19(12(15)3)13-7-5-4-6-8-13/h4-8,10H,9H2,1-3H3,(H,17,22)(H,20,21). The first-order valence-electron chi connectivity index (χ1n) is 7.04. The normalized spacial score (nSPS) is 12.0. The van der Waals surface area contributed by atoms with Gasteiger partial charge in [-0.3, -0.25) is 9.59 Å². The van der Waals surface area contributed by atoms with Crippen LogP contribution in [0.3, 0.4) is 0 Å². The molecule has 0 bridgehead atoms. The van der Waals surface area contributed by atoms with Crippen LogP contribution in [0.4, 0.5) is 0 Å². The number of nitrogens with one attached hydrogen (secondary N) is 1. The fraction of sp³-hybridized carbons (Fsp3) is 0.312. The molecule has 0 saturated heterocycles. The average Bonchev–Trinajstić information content (AvgIpc) is 2.74. The van der Waals surface area contributed by atoms with Crippen molar-refractivity contribution in [2.75, 3.05) is 0 Å². The van der Waals surface area contributed by atoms with E-state index >= 15 is 0 Å². The quantitative estimate of drug-likeness (QED) is 0.885. The SMILES string of the molecule is Cc1nn(-c2ccccc2)c(C)c1C(=O)NC(C)CC(=O)O. The minimum Gasteiger partial charge on any atom is -0.481 e. The van der Waals surface area contributed by atoms with Gasteiger partial charge in [-0.15, -0.1) is 0 Å². The predicted molar refractivity (Wildman–Crippen MR) is 82.2 cm³/mol. The van der Waals surface area contributed by atoms with Gasteiger partial charge in [0.25, 0.3) is 5.91 Å². The van der Waals surface area contributed by atoms with Crippen LogP contribution >= 0.6 is 0 Å². The number of rotatable bonds is 5. The van der Waals surface area contributed by atoms with Gasteiger partial charge in [-0.1, -0.05) is 18.2 Å². The first-order chi connectivity index (χ1) is 10.4. The predicted octanol–water partition coefficient (Wildman–Crippen LogP) is 2.08. The summed E-state index contributed by atoms with van der Waals surface area (Å²) in [6, 6.07) is 9.10. The van der Waals surface area contributed by atoms with Gasteiger partial charge < -0.3 is 10.4 Å². The molecule has 2 aromatic rings. The van der Waals surface area contributed by atoms with Crippen molar-refractivity contribution in [2.45, 2.75) is 33.2 Å². The smallest absolute Gasteiger partial charge is 0.305 e. The molecule has 0 aliphatic rings. The Balaban J connectivity index is 2.27. The number of carboxylic acid groups (broad SMARTS) is 1. The van der Waals surface area contributed by atoms with Crippen LogP contribution in [0.25, 0.3) is 5.69 Å². The van der Waals surface area contributed by atoms with Crippen molar-refractivity contribution < 1.29 is 14.7 Å². The number of hydrogen-bond acceptors (Lipinski definition) is 3. The molecule has 0 aliphatic carbocycles. The van der Waals surface area contributed by atoms with Crippen LogP contribution in [0.1, 0.15) is 35.1 Å². The Kier molecular flexibility index (Phi) is 4.60. The molecule has 1 aromatic carbocycles. The maximum Gasteiger partial charge on any atom is 0.305 e. The molecule has 2 N–H and O–H groups in total. The van der Waals surface area contributed by atoms with E-state index in [1.807, 2.05) is 37.3 Å². The fourth-order valence-corrected chi connectivity index (χ4v) is 2.40. The molecule has 1 aromatic heterocycles. The summed E-state index contributed by atoms with van der Waals surface area (Å²) in [6.07, 6.45) is -0.114. The number of carbonyl (C=O) groups is 2. The van der Waals surface area contributed by atoms with Gasteiger partial charge in [0, 0.05) is 6.04 Å². The molecular weight excluding hydrogens is 282 g/mol. The molecule has 0 saturated carbocycles. The third-order valence-electron chi connectivity index (χ3n) is 3.38. The average molecular weight is 301 g/mol. The lowest BCUT2D eigenvalue weighted by Gasteiger charge is -2.12. The number of hydrogen-bond donors (Lipinski definition) is 2. The van der Waals surface area contributed by atoms with E-state index in [1.165, 1.54) is 0 Å². The molecule has 1 amide bonds. The van der Waals surface area contributed by atoms with Gasteiger partial charge in [0.1, 0.15) is 0 Å². The highest BCUT2D eigenvalue weighted by atomic mass is 16.4. The van der Waals surface area contributed by atoms with Crippen molar-refractivity contribution in [3.8, 4) is 5.69 Å². The summed E-state index contributed by atoms with van der Waals surface area (Å²) in [5.74, 6) is -1.24. The highest BCUT2D eigenvalue weighted by molar-refractivity contribution is 5.96. The second-order valence-electron chi connectivity index (χ2n) is 5.27. The molecule has 1 heterocycles. The van der Waals surface area contributed by atoms with E-state index in [0.717, 1.165) is 11.4 Å². The summed E-state index contributed by atoms with van der Waals surface area (Å²) >= 11 is 0. The molecule has 1 unspecified atom stereocenters.